The van der Waals surface area contributed by atoms with E-state index in [1.165, 1.54) is 24.2 Å². The second-order valence-electron chi connectivity index (χ2n) is 5.66. The van der Waals surface area contributed by atoms with Crippen LogP contribution in [0.25, 0.3) is 4.96 Å². The highest BCUT2D eigenvalue weighted by molar-refractivity contribution is 7.16. The van der Waals surface area contributed by atoms with Crippen LogP contribution < -0.4 is 10.6 Å². The number of aromatic nitrogens is 4. The lowest BCUT2D eigenvalue weighted by Crippen LogP contribution is -2.30. The zero-order valence-electron chi connectivity index (χ0n) is 12.7. The molecule has 1 saturated carbocycles. The minimum absolute atomic E-state index is 0.265. The molecule has 2 N–H and O–H groups in total. The number of fused-ring (bicyclic) bond motifs is 1. The third kappa shape index (κ3) is 3.34. The van der Waals surface area contributed by atoms with Crippen LogP contribution in [0, 0.1) is 0 Å². The summed E-state index contributed by atoms with van der Waals surface area (Å²) in [5.41, 5.74) is 0.660. The average Bonchev–Trinajstić information content (AvgIpc) is 3.18. The van der Waals surface area contributed by atoms with Crippen LogP contribution in [0.5, 0.6) is 0 Å². The maximum Gasteiger partial charge on any atom is 0.319 e. The van der Waals surface area contributed by atoms with Crippen LogP contribution in [0.4, 0.5) is 10.5 Å². The Labute approximate surface area is 147 Å². The Morgan fingerprint density at radius 1 is 1.38 bits per heavy atom. The van der Waals surface area contributed by atoms with Crippen molar-refractivity contribution in [2.45, 2.75) is 25.2 Å². The minimum atomic E-state index is -0.265. The van der Waals surface area contributed by atoms with Crippen LogP contribution in [0.3, 0.4) is 0 Å². The number of amides is 2. The highest BCUT2D eigenvalue weighted by atomic mass is 35.5. The summed E-state index contributed by atoms with van der Waals surface area (Å²) in [4.78, 5) is 12.7. The Balaban J connectivity index is 1.31. The van der Waals surface area contributed by atoms with Crippen molar-refractivity contribution in [2.75, 3.05) is 11.9 Å². The van der Waals surface area contributed by atoms with Crippen molar-refractivity contribution in [3.8, 4) is 0 Å². The lowest BCUT2D eigenvalue weighted by atomic mass is 10.3. The quantitative estimate of drug-likeness (QED) is 0.730. The number of halogens is 1. The summed E-state index contributed by atoms with van der Waals surface area (Å²) in [6.45, 7) is 0.495. The Bertz CT molecular complexity index is 887. The van der Waals surface area contributed by atoms with E-state index in [0.29, 0.717) is 29.6 Å². The molecule has 0 spiro atoms. The van der Waals surface area contributed by atoms with Gasteiger partial charge in [0.15, 0.2) is 5.82 Å². The standard InChI is InChI=1S/C15H15ClN6OS/c16-10-2-1-3-11(8-10)18-14(23)17-7-6-12-21-22-13(9-4-5-9)19-20-15(22)24-12/h1-3,8-9H,4-7H2,(H2,17,18,23). The molecule has 24 heavy (non-hydrogen) atoms. The van der Waals surface area contributed by atoms with Gasteiger partial charge in [-0.25, -0.2) is 4.79 Å². The SMILES string of the molecule is O=C(NCCc1nn2c(C3CC3)nnc2s1)Nc1cccc(Cl)c1. The van der Waals surface area contributed by atoms with E-state index in [-0.39, 0.29) is 6.03 Å². The first-order valence-electron chi connectivity index (χ1n) is 7.70. The van der Waals surface area contributed by atoms with Gasteiger partial charge in [0.1, 0.15) is 5.01 Å². The number of urea groups is 1. The van der Waals surface area contributed by atoms with E-state index in [9.17, 15) is 4.79 Å². The topological polar surface area (TPSA) is 84.2 Å². The third-order valence-electron chi connectivity index (χ3n) is 3.71. The van der Waals surface area contributed by atoms with E-state index in [1.807, 2.05) is 4.52 Å². The van der Waals surface area contributed by atoms with Gasteiger partial charge in [-0.15, -0.1) is 10.2 Å². The molecule has 124 valence electrons. The summed E-state index contributed by atoms with van der Waals surface area (Å²) in [6, 6.07) is 6.76. The van der Waals surface area contributed by atoms with E-state index >= 15 is 0 Å². The van der Waals surface area contributed by atoms with E-state index in [2.05, 4.69) is 25.9 Å². The van der Waals surface area contributed by atoms with E-state index in [4.69, 9.17) is 11.6 Å². The van der Waals surface area contributed by atoms with Gasteiger partial charge in [-0.1, -0.05) is 29.0 Å². The van der Waals surface area contributed by atoms with Gasteiger partial charge in [-0.05, 0) is 31.0 Å². The summed E-state index contributed by atoms with van der Waals surface area (Å²) in [5.74, 6) is 1.47. The Morgan fingerprint density at radius 2 is 2.25 bits per heavy atom. The van der Waals surface area contributed by atoms with Gasteiger partial charge >= 0.3 is 6.03 Å². The molecule has 0 bridgehead atoms. The fourth-order valence-corrected chi connectivity index (χ4v) is 3.42. The predicted molar refractivity (Wildman–Crippen MR) is 92.8 cm³/mol. The average molecular weight is 363 g/mol. The molecule has 2 aromatic heterocycles. The zero-order valence-corrected chi connectivity index (χ0v) is 14.3. The molecule has 0 unspecified atom stereocenters. The molecule has 1 aromatic carbocycles. The molecular weight excluding hydrogens is 348 g/mol. The maximum absolute atomic E-state index is 11.9. The smallest absolute Gasteiger partial charge is 0.319 e. The first kappa shape index (κ1) is 15.3. The first-order valence-corrected chi connectivity index (χ1v) is 8.90. The minimum Gasteiger partial charge on any atom is -0.337 e. The molecule has 1 aliphatic carbocycles. The molecule has 2 heterocycles. The lowest BCUT2D eigenvalue weighted by molar-refractivity contribution is 0.252. The summed E-state index contributed by atoms with van der Waals surface area (Å²) in [5, 5.41) is 20.0. The maximum atomic E-state index is 11.9. The van der Waals surface area contributed by atoms with E-state index < -0.39 is 0 Å². The third-order valence-corrected chi connectivity index (χ3v) is 4.90. The van der Waals surface area contributed by atoms with Crippen molar-refractivity contribution in [3.63, 3.8) is 0 Å². The van der Waals surface area contributed by atoms with Gasteiger partial charge < -0.3 is 10.6 Å². The number of anilines is 1. The van der Waals surface area contributed by atoms with Gasteiger partial charge in [0, 0.05) is 29.6 Å². The molecule has 7 nitrogen and oxygen atoms in total. The number of benzene rings is 1. The van der Waals surface area contributed by atoms with Gasteiger partial charge in [0.05, 0.1) is 0 Å². The van der Waals surface area contributed by atoms with Crippen molar-refractivity contribution >= 4 is 39.6 Å². The van der Waals surface area contributed by atoms with E-state index in [1.54, 1.807) is 24.3 Å². The second-order valence-corrected chi connectivity index (χ2v) is 7.14. The molecule has 4 rings (SSSR count). The molecule has 2 amide bonds. The molecule has 1 fully saturated rings. The fourth-order valence-electron chi connectivity index (χ4n) is 2.39. The summed E-state index contributed by atoms with van der Waals surface area (Å²) in [7, 11) is 0. The van der Waals surface area contributed by atoms with Crippen LogP contribution in [-0.4, -0.2) is 32.4 Å². The Kier molecular flexibility index (Phi) is 4.07. The van der Waals surface area contributed by atoms with Gasteiger partial charge in [-0.3, -0.25) is 0 Å². The number of hydrogen-bond acceptors (Lipinski definition) is 5. The van der Waals surface area contributed by atoms with Gasteiger partial charge in [-0.2, -0.15) is 9.61 Å². The second kappa shape index (κ2) is 6.37. The van der Waals surface area contributed by atoms with Crippen LogP contribution in [0.2, 0.25) is 5.02 Å². The molecule has 9 heteroatoms. The normalized spacial score (nSPS) is 14.0. The highest BCUT2D eigenvalue weighted by Crippen LogP contribution is 2.39. The summed E-state index contributed by atoms with van der Waals surface area (Å²) in [6.07, 6.45) is 2.98. The first-order chi connectivity index (χ1) is 11.7. The predicted octanol–water partition coefficient (Wildman–Crippen LogP) is 3.08. The summed E-state index contributed by atoms with van der Waals surface area (Å²) < 4.78 is 1.84. The number of rotatable bonds is 5. The Morgan fingerprint density at radius 3 is 3.04 bits per heavy atom. The number of hydrogen-bond donors (Lipinski definition) is 2. The highest BCUT2D eigenvalue weighted by Gasteiger charge is 2.29. The van der Waals surface area contributed by atoms with Crippen LogP contribution >= 0.6 is 22.9 Å². The number of nitrogens with zero attached hydrogens (tertiary/aromatic N) is 4. The largest absolute Gasteiger partial charge is 0.337 e. The van der Waals surface area contributed by atoms with Crippen molar-refractivity contribution in [1.82, 2.24) is 25.1 Å². The fraction of sp³-hybridized carbons (Fsp3) is 0.333. The molecule has 0 atom stereocenters. The molecule has 0 saturated heterocycles. The molecule has 0 radical (unpaired) electrons. The van der Waals surface area contributed by atoms with Crippen LogP contribution in [0.15, 0.2) is 24.3 Å². The van der Waals surface area contributed by atoms with Crippen LogP contribution in [-0.2, 0) is 6.42 Å². The van der Waals surface area contributed by atoms with Crippen molar-refractivity contribution in [1.29, 1.82) is 0 Å². The Hall–Kier alpha value is -2.19. The van der Waals surface area contributed by atoms with Crippen LogP contribution in [0.1, 0.15) is 29.6 Å². The number of carbonyl (C=O) groups excluding carboxylic acids is 1. The van der Waals surface area contributed by atoms with Crippen molar-refractivity contribution in [2.24, 2.45) is 0 Å². The van der Waals surface area contributed by atoms with Crippen molar-refractivity contribution < 1.29 is 4.79 Å². The van der Waals surface area contributed by atoms with E-state index in [0.717, 1.165) is 15.8 Å². The van der Waals surface area contributed by atoms with Gasteiger partial charge in [0.2, 0.25) is 4.96 Å². The lowest BCUT2D eigenvalue weighted by Gasteiger charge is -2.06. The summed E-state index contributed by atoms with van der Waals surface area (Å²) >= 11 is 7.40. The molecule has 0 aliphatic heterocycles. The van der Waals surface area contributed by atoms with Gasteiger partial charge in [0.25, 0.3) is 0 Å². The number of nitrogens with one attached hydrogen (secondary N) is 2. The molecule has 3 aromatic rings. The monoisotopic (exact) mass is 362 g/mol. The molecular formula is C15H15ClN6OS. The zero-order chi connectivity index (χ0) is 16.5. The molecule has 1 aliphatic rings. The van der Waals surface area contributed by atoms with Crippen molar-refractivity contribution in [3.05, 3.63) is 40.1 Å². The number of carbonyl (C=O) groups is 1.